The van der Waals surface area contributed by atoms with E-state index in [0.717, 1.165) is 0 Å². The third-order valence-corrected chi connectivity index (χ3v) is 6.72. The summed E-state index contributed by atoms with van der Waals surface area (Å²) in [5.41, 5.74) is 0. The van der Waals surface area contributed by atoms with Crippen LogP contribution in [-0.2, 0) is 14.8 Å². The van der Waals surface area contributed by atoms with Crippen LogP contribution >= 0.6 is 23.2 Å². The second kappa shape index (κ2) is 7.96. The zero-order valence-corrected chi connectivity index (χ0v) is 16.1. The molecule has 0 aromatic heterocycles. The first-order valence-corrected chi connectivity index (χ1v) is 10.3. The Hall–Kier alpha value is -1.60. The van der Waals surface area contributed by atoms with E-state index in [9.17, 15) is 13.2 Å². The fourth-order valence-corrected chi connectivity index (χ4v) is 4.76. The molecule has 0 saturated carbocycles. The molecule has 26 heavy (non-hydrogen) atoms. The van der Waals surface area contributed by atoms with Crippen LogP contribution in [0.5, 0.6) is 5.75 Å². The Morgan fingerprint density at radius 3 is 2.31 bits per heavy atom. The molecular weight excluding hydrogens is 397 g/mol. The second-order valence-electron chi connectivity index (χ2n) is 5.99. The first-order valence-electron chi connectivity index (χ1n) is 8.10. The van der Waals surface area contributed by atoms with Crippen LogP contribution in [0.2, 0.25) is 10.0 Å². The predicted molar refractivity (Wildman–Crippen MR) is 100 cm³/mol. The van der Waals surface area contributed by atoms with Crippen molar-refractivity contribution in [2.24, 2.45) is 5.92 Å². The fourth-order valence-electron chi connectivity index (χ4n) is 2.82. The number of ether oxygens (including phenoxy) is 1. The highest BCUT2D eigenvalue weighted by Crippen LogP contribution is 2.30. The Morgan fingerprint density at radius 2 is 1.69 bits per heavy atom. The molecule has 3 rings (SSSR count). The van der Waals surface area contributed by atoms with Gasteiger partial charge in [-0.05, 0) is 43.2 Å². The van der Waals surface area contributed by atoms with E-state index in [0.29, 0.717) is 17.9 Å². The smallest absolute Gasteiger partial charge is 0.314 e. The maximum Gasteiger partial charge on any atom is 0.314 e. The molecule has 1 aliphatic rings. The van der Waals surface area contributed by atoms with E-state index >= 15 is 0 Å². The first-order chi connectivity index (χ1) is 12.4. The Balaban J connectivity index is 1.62. The summed E-state index contributed by atoms with van der Waals surface area (Å²) in [7, 11) is -3.54. The number of halogens is 2. The van der Waals surface area contributed by atoms with Crippen molar-refractivity contribution >= 4 is 39.2 Å². The van der Waals surface area contributed by atoms with Crippen LogP contribution in [0, 0.1) is 5.92 Å². The van der Waals surface area contributed by atoms with E-state index < -0.39 is 16.0 Å². The molecule has 5 nitrogen and oxygen atoms in total. The summed E-state index contributed by atoms with van der Waals surface area (Å²) in [6.45, 7) is 0.538. The lowest BCUT2D eigenvalue weighted by Crippen LogP contribution is -2.41. The van der Waals surface area contributed by atoms with Gasteiger partial charge in [0.25, 0.3) is 0 Å². The van der Waals surface area contributed by atoms with Crippen molar-refractivity contribution in [2.45, 2.75) is 17.7 Å². The molecule has 0 unspecified atom stereocenters. The summed E-state index contributed by atoms with van der Waals surface area (Å²) >= 11 is 11.8. The minimum atomic E-state index is -3.54. The summed E-state index contributed by atoms with van der Waals surface area (Å²) in [5, 5.41) is 0.712. The highest BCUT2D eigenvalue weighted by atomic mass is 35.5. The van der Waals surface area contributed by atoms with Crippen LogP contribution in [0.4, 0.5) is 0 Å². The molecule has 0 atom stereocenters. The van der Waals surface area contributed by atoms with E-state index in [4.69, 9.17) is 27.9 Å². The van der Waals surface area contributed by atoms with Crippen LogP contribution in [0.15, 0.2) is 53.4 Å². The molecule has 1 fully saturated rings. The van der Waals surface area contributed by atoms with Crippen molar-refractivity contribution in [3.05, 3.63) is 58.6 Å². The summed E-state index contributed by atoms with van der Waals surface area (Å²) in [6, 6.07) is 12.9. The summed E-state index contributed by atoms with van der Waals surface area (Å²) in [4.78, 5) is 12.6. The SMILES string of the molecule is O=C(Oc1ccc(Cl)cc1Cl)C1CCN(S(=O)(=O)c2ccccc2)CC1. The van der Waals surface area contributed by atoms with Crippen molar-refractivity contribution in [2.75, 3.05) is 13.1 Å². The van der Waals surface area contributed by atoms with Gasteiger partial charge in [0.15, 0.2) is 0 Å². The lowest BCUT2D eigenvalue weighted by Gasteiger charge is -2.30. The van der Waals surface area contributed by atoms with Crippen molar-refractivity contribution in [1.29, 1.82) is 0 Å². The Labute approximate surface area is 162 Å². The maximum absolute atomic E-state index is 12.6. The number of esters is 1. The number of carbonyl (C=O) groups excluding carboxylic acids is 1. The maximum atomic E-state index is 12.6. The topological polar surface area (TPSA) is 63.7 Å². The molecule has 0 bridgehead atoms. The molecule has 1 aliphatic heterocycles. The van der Waals surface area contributed by atoms with Crippen LogP contribution in [0.3, 0.4) is 0 Å². The summed E-state index contributed by atoms with van der Waals surface area (Å²) < 4.78 is 32.0. The number of nitrogens with zero attached hydrogens (tertiary/aromatic N) is 1. The fraction of sp³-hybridized carbons (Fsp3) is 0.278. The van der Waals surface area contributed by atoms with Crippen molar-refractivity contribution < 1.29 is 17.9 Å². The van der Waals surface area contributed by atoms with Crippen molar-refractivity contribution in [3.8, 4) is 5.75 Å². The van der Waals surface area contributed by atoms with Gasteiger partial charge in [0.2, 0.25) is 10.0 Å². The normalized spacial score (nSPS) is 16.4. The number of carbonyl (C=O) groups is 1. The van der Waals surface area contributed by atoms with Gasteiger partial charge in [-0.3, -0.25) is 4.79 Å². The Kier molecular flexibility index (Phi) is 5.87. The van der Waals surface area contributed by atoms with Crippen LogP contribution < -0.4 is 4.74 Å². The van der Waals surface area contributed by atoms with Gasteiger partial charge >= 0.3 is 5.97 Å². The highest BCUT2D eigenvalue weighted by Gasteiger charge is 2.33. The molecule has 0 N–H and O–H groups in total. The van der Waals surface area contributed by atoms with E-state index in [-0.39, 0.29) is 34.7 Å². The molecule has 1 saturated heterocycles. The Morgan fingerprint density at radius 1 is 1.04 bits per heavy atom. The molecule has 138 valence electrons. The van der Waals surface area contributed by atoms with E-state index in [1.54, 1.807) is 36.4 Å². The van der Waals surface area contributed by atoms with Crippen LogP contribution in [0.25, 0.3) is 0 Å². The first kappa shape index (κ1) is 19.2. The van der Waals surface area contributed by atoms with Gasteiger partial charge in [-0.1, -0.05) is 41.4 Å². The molecule has 0 amide bonds. The van der Waals surface area contributed by atoms with E-state index in [2.05, 4.69) is 0 Å². The second-order valence-corrected chi connectivity index (χ2v) is 8.77. The Bertz CT molecular complexity index is 895. The van der Waals surface area contributed by atoms with Gasteiger partial charge < -0.3 is 4.74 Å². The highest BCUT2D eigenvalue weighted by molar-refractivity contribution is 7.89. The van der Waals surface area contributed by atoms with Gasteiger partial charge in [0.05, 0.1) is 15.8 Å². The standard InChI is InChI=1S/C18H17Cl2NO4S/c19-14-6-7-17(16(20)12-14)25-18(22)13-8-10-21(11-9-13)26(23,24)15-4-2-1-3-5-15/h1-7,12-13H,8-11H2. The number of hydrogen-bond acceptors (Lipinski definition) is 4. The van der Waals surface area contributed by atoms with Gasteiger partial charge in [0.1, 0.15) is 5.75 Å². The molecule has 0 spiro atoms. The zero-order chi connectivity index (χ0) is 18.7. The third-order valence-electron chi connectivity index (χ3n) is 4.27. The van der Waals surface area contributed by atoms with Gasteiger partial charge in [-0.15, -0.1) is 0 Å². The molecule has 2 aromatic rings. The number of benzene rings is 2. The monoisotopic (exact) mass is 413 g/mol. The number of piperidine rings is 1. The average Bonchev–Trinajstić information content (AvgIpc) is 2.65. The molecule has 2 aromatic carbocycles. The van der Waals surface area contributed by atoms with Crippen LogP contribution in [-0.4, -0.2) is 31.8 Å². The third kappa shape index (κ3) is 4.20. The predicted octanol–water partition coefficient (Wildman–Crippen LogP) is 4.00. The average molecular weight is 414 g/mol. The van der Waals surface area contributed by atoms with Crippen LogP contribution in [0.1, 0.15) is 12.8 Å². The molecule has 8 heteroatoms. The van der Waals surface area contributed by atoms with E-state index in [1.165, 1.54) is 16.4 Å². The molecular formula is C18H17Cl2NO4S. The van der Waals surface area contributed by atoms with Gasteiger partial charge in [-0.2, -0.15) is 4.31 Å². The lowest BCUT2D eigenvalue weighted by molar-refractivity contribution is -0.140. The molecule has 0 radical (unpaired) electrons. The number of rotatable bonds is 4. The van der Waals surface area contributed by atoms with Gasteiger partial charge in [-0.25, -0.2) is 8.42 Å². The number of sulfonamides is 1. The summed E-state index contributed by atoms with van der Waals surface area (Å²) in [6.07, 6.45) is 0.798. The summed E-state index contributed by atoms with van der Waals surface area (Å²) in [5.74, 6) is -0.532. The molecule has 0 aliphatic carbocycles. The lowest BCUT2D eigenvalue weighted by atomic mass is 9.98. The minimum Gasteiger partial charge on any atom is -0.425 e. The molecule has 1 heterocycles. The quantitative estimate of drug-likeness (QED) is 0.561. The minimum absolute atomic E-state index is 0.250. The van der Waals surface area contributed by atoms with Gasteiger partial charge in [0, 0.05) is 18.1 Å². The number of hydrogen-bond donors (Lipinski definition) is 0. The largest absolute Gasteiger partial charge is 0.425 e. The van der Waals surface area contributed by atoms with Crippen molar-refractivity contribution in [3.63, 3.8) is 0 Å². The van der Waals surface area contributed by atoms with Crippen molar-refractivity contribution in [1.82, 2.24) is 4.31 Å². The van der Waals surface area contributed by atoms with E-state index in [1.807, 2.05) is 0 Å². The zero-order valence-electron chi connectivity index (χ0n) is 13.8.